The molecule has 0 spiro atoms. The number of nitrogens with one attached hydrogen (secondary N) is 1. The Morgan fingerprint density at radius 3 is 2.17 bits per heavy atom. The van der Waals surface area contributed by atoms with Crippen molar-refractivity contribution in [1.29, 1.82) is 0 Å². The van der Waals surface area contributed by atoms with Gasteiger partial charge in [0.15, 0.2) is 0 Å². The Labute approximate surface area is 108 Å². The molecule has 0 aliphatic heterocycles. The zero-order valence-electron chi connectivity index (χ0n) is 11.7. The van der Waals surface area contributed by atoms with Crippen molar-refractivity contribution in [2.75, 3.05) is 13.7 Å². The van der Waals surface area contributed by atoms with Crippen LogP contribution in [0.2, 0.25) is 0 Å². The summed E-state index contributed by atoms with van der Waals surface area (Å²) in [5.74, 6) is -1.14. The average molecular weight is 260 g/mol. The topological polar surface area (TPSA) is 89.9 Å². The fourth-order valence-corrected chi connectivity index (χ4v) is 1.39. The minimum atomic E-state index is -1.14. The zero-order valence-corrected chi connectivity index (χ0v) is 11.7. The minimum Gasteiger partial charge on any atom is -0.480 e. The van der Waals surface area contributed by atoms with Crippen LogP contribution in [-0.2, 0) is 4.79 Å². The number of carboxylic acid groups (broad SMARTS) is 1. The summed E-state index contributed by atoms with van der Waals surface area (Å²) < 4.78 is 0. The van der Waals surface area contributed by atoms with Gasteiger partial charge < -0.3 is 20.4 Å². The summed E-state index contributed by atoms with van der Waals surface area (Å²) in [5, 5.41) is 20.0. The molecule has 0 aliphatic carbocycles. The van der Waals surface area contributed by atoms with Gasteiger partial charge >= 0.3 is 12.0 Å². The van der Waals surface area contributed by atoms with Gasteiger partial charge in [-0.2, -0.15) is 0 Å². The number of aliphatic hydroxyl groups excluding tert-OH is 1. The summed E-state index contributed by atoms with van der Waals surface area (Å²) in [6.07, 6.45) is -0.00118. The third-order valence-corrected chi connectivity index (χ3v) is 3.17. The molecule has 0 bridgehead atoms. The number of aliphatic hydroxyl groups is 1. The molecule has 1 unspecified atom stereocenters. The first kappa shape index (κ1) is 16.7. The van der Waals surface area contributed by atoms with Gasteiger partial charge in [-0.25, -0.2) is 9.59 Å². The number of rotatable bonds is 5. The fraction of sp³-hybridized carbons (Fsp3) is 0.833. The maximum Gasteiger partial charge on any atom is 0.326 e. The molecule has 3 N–H and O–H groups in total. The van der Waals surface area contributed by atoms with Crippen molar-refractivity contribution in [3.63, 3.8) is 0 Å². The summed E-state index contributed by atoms with van der Waals surface area (Å²) >= 11 is 0. The van der Waals surface area contributed by atoms with E-state index in [1.54, 1.807) is 7.05 Å². The summed E-state index contributed by atoms with van der Waals surface area (Å²) in [6, 6.07) is -1.54. The number of aliphatic carboxylic acids is 1. The molecule has 2 amide bonds. The molecule has 2 atom stereocenters. The molecular formula is C12H24N2O4. The van der Waals surface area contributed by atoms with E-state index in [1.165, 1.54) is 4.90 Å². The monoisotopic (exact) mass is 260 g/mol. The number of amides is 2. The lowest BCUT2D eigenvalue weighted by molar-refractivity contribution is -0.139. The molecule has 6 heteroatoms. The van der Waals surface area contributed by atoms with Crippen molar-refractivity contribution in [3.05, 3.63) is 0 Å². The van der Waals surface area contributed by atoms with Crippen LogP contribution in [0.25, 0.3) is 0 Å². The lowest BCUT2D eigenvalue weighted by Crippen LogP contribution is -2.52. The van der Waals surface area contributed by atoms with Gasteiger partial charge in [-0.1, -0.05) is 20.8 Å². The Morgan fingerprint density at radius 2 is 1.83 bits per heavy atom. The Kier molecular flexibility index (Phi) is 6.11. The standard InChI is InChI=1S/C12H24N2O4/c1-8(12(2,3)4)14(5)11(18)13-9(6-7-15)10(16)17/h8-9,15H,6-7H2,1-5H3,(H,13,18)(H,16,17)/t8?,9-/m0/s1. The predicted octanol–water partition coefficient (Wildman–Crippen LogP) is 0.898. The van der Waals surface area contributed by atoms with Crippen LogP contribution in [0.5, 0.6) is 0 Å². The molecular weight excluding hydrogens is 236 g/mol. The first-order valence-corrected chi connectivity index (χ1v) is 5.98. The molecule has 0 saturated heterocycles. The van der Waals surface area contributed by atoms with Gasteiger partial charge in [0.05, 0.1) is 0 Å². The Hall–Kier alpha value is -1.30. The maximum atomic E-state index is 11.9. The molecule has 0 fully saturated rings. The van der Waals surface area contributed by atoms with E-state index >= 15 is 0 Å². The molecule has 0 radical (unpaired) electrons. The van der Waals surface area contributed by atoms with E-state index in [9.17, 15) is 9.59 Å². The molecule has 6 nitrogen and oxygen atoms in total. The Balaban J connectivity index is 4.60. The smallest absolute Gasteiger partial charge is 0.326 e. The van der Waals surface area contributed by atoms with Crippen LogP contribution in [0.3, 0.4) is 0 Å². The van der Waals surface area contributed by atoms with Crippen LogP contribution in [0.1, 0.15) is 34.1 Å². The Morgan fingerprint density at radius 1 is 1.33 bits per heavy atom. The highest BCUT2D eigenvalue weighted by molar-refractivity contribution is 5.82. The van der Waals surface area contributed by atoms with Gasteiger partial charge in [0, 0.05) is 26.1 Å². The second-order valence-electron chi connectivity index (χ2n) is 5.51. The molecule has 0 aromatic heterocycles. The van der Waals surface area contributed by atoms with E-state index in [0.29, 0.717) is 0 Å². The van der Waals surface area contributed by atoms with Crippen molar-refractivity contribution in [3.8, 4) is 0 Å². The maximum absolute atomic E-state index is 11.9. The van der Waals surface area contributed by atoms with Crippen LogP contribution in [-0.4, -0.2) is 52.9 Å². The van der Waals surface area contributed by atoms with Crippen molar-refractivity contribution in [2.45, 2.75) is 46.2 Å². The van der Waals surface area contributed by atoms with Crippen LogP contribution < -0.4 is 5.32 Å². The van der Waals surface area contributed by atoms with Crippen LogP contribution in [0.4, 0.5) is 4.79 Å². The molecule has 0 saturated carbocycles. The molecule has 0 aromatic carbocycles. The van der Waals surface area contributed by atoms with Crippen molar-refractivity contribution in [1.82, 2.24) is 10.2 Å². The number of hydrogen-bond donors (Lipinski definition) is 3. The number of hydrogen-bond acceptors (Lipinski definition) is 3. The van der Waals surface area contributed by atoms with Crippen molar-refractivity contribution >= 4 is 12.0 Å². The third kappa shape index (κ3) is 4.91. The molecule has 0 aliphatic rings. The lowest BCUT2D eigenvalue weighted by atomic mass is 9.87. The van der Waals surface area contributed by atoms with Crippen molar-refractivity contribution < 1.29 is 19.8 Å². The van der Waals surface area contributed by atoms with Gasteiger partial charge in [-0.15, -0.1) is 0 Å². The number of carbonyl (C=O) groups is 2. The highest BCUT2D eigenvalue weighted by Gasteiger charge is 2.29. The van der Waals surface area contributed by atoms with Gasteiger partial charge in [0.2, 0.25) is 0 Å². The van der Waals surface area contributed by atoms with Crippen LogP contribution >= 0.6 is 0 Å². The summed E-state index contributed by atoms with van der Waals surface area (Å²) in [6.45, 7) is 7.63. The Bertz CT molecular complexity index is 299. The largest absolute Gasteiger partial charge is 0.480 e. The molecule has 106 valence electrons. The highest BCUT2D eigenvalue weighted by atomic mass is 16.4. The van der Waals surface area contributed by atoms with Gasteiger partial charge in [-0.3, -0.25) is 0 Å². The van der Waals surface area contributed by atoms with E-state index < -0.39 is 18.0 Å². The van der Waals surface area contributed by atoms with Crippen LogP contribution in [0, 0.1) is 5.41 Å². The number of carboxylic acids is 1. The number of urea groups is 1. The second kappa shape index (κ2) is 6.58. The number of carbonyl (C=O) groups excluding carboxylic acids is 1. The summed E-state index contributed by atoms with van der Waals surface area (Å²) in [7, 11) is 1.63. The molecule has 0 heterocycles. The highest BCUT2D eigenvalue weighted by Crippen LogP contribution is 2.22. The first-order valence-electron chi connectivity index (χ1n) is 5.98. The minimum absolute atomic E-state index is 0.00118. The predicted molar refractivity (Wildman–Crippen MR) is 68.3 cm³/mol. The molecule has 0 rings (SSSR count). The van der Waals surface area contributed by atoms with E-state index in [2.05, 4.69) is 5.32 Å². The quantitative estimate of drug-likeness (QED) is 0.685. The van der Waals surface area contributed by atoms with E-state index in [1.807, 2.05) is 27.7 Å². The first-order chi connectivity index (χ1) is 8.11. The normalized spacial score (nSPS) is 14.8. The van der Waals surface area contributed by atoms with Gasteiger partial charge in [-0.05, 0) is 12.3 Å². The van der Waals surface area contributed by atoms with Crippen molar-refractivity contribution in [2.24, 2.45) is 5.41 Å². The van der Waals surface area contributed by atoms with Gasteiger partial charge in [0.25, 0.3) is 0 Å². The van der Waals surface area contributed by atoms with E-state index in [-0.39, 0.29) is 24.5 Å². The summed E-state index contributed by atoms with van der Waals surface area (Å²) in [5.41, 5.74) is -0.0954. The summed E-state index contributed by atoms with van der Waals surface area (Å²) in [4.78, 5) is 24.2. The zero-order chi connectivity index (χ0) is 14.5. The van der Waals surface area contributed by atoms with E-state index in [4.69, 9.17) is 10.2 Å². The lowest BCUT2D eigenvalue weighted by Gasteiger charge is -2.35. The SMILES string of the molecule is CC(N(C)C(=O)N[C@@H](CCO)C(=O)O)C(C)(C)C. The van der Waals surface area contributed by atoms with Crippen LogP contribution in [0.15, 0.2) is 0 Å². The third-order valence-electron chi connectivity index (χ3n) is 3.17. The number of nitrogens with zero attached hydrogens (tertiary/aromatic N) is 1. The fourth-order valence-electron chi connectivity index (χ4n) is 1.39. The average Bonchev–Trinajstić information content (AvgIpc) is 2.24. The molecule has 0 aromatic rings. The second-order valence-corrected chi connectivity index (χ2v) is 5.51. The molecule has 18 heavy (non-hydrogen) atoms. The van der Waals surface area contributed by atoms with E-state index in [0.717, 1.165) is 0 Å². The van der Waals surface area contributed by atoms with Gasteiger partial charge in [0.1, 0.15) is 6.04 Å².